The van der Waals surface area contributed by atoms with E-state index in [9.17, 15) is 19.8 Å². The number of benzene rings is 1. The highest BCUT2D eigenvalue weighted by molar-refractivity contribution is 6.03. The van der Waals surface area contributed by atoms with Gasteiger partial charge in [-0.3, -0.25) is 0 Å². The molecule has 0 aromatic heterocycles. The Balaban J connectivity index is 1.72. The molecule has 3 N–H and O–H groups in total. The summed E-state index contributed by atoms with van der Waals surface area (Å²) in [7, 11) is 1.72. The third-order valence-electron chi connectivity index (χ3n) is 12.3. The Morgan fingerprint density at radius 3 is 2.28 bits per heavy atom. The van der Waals surface area contributed by atoms with Crippen molar-refractivity contribution in [3.8, 4) is 11.5 Å². The Morgan fingerprint density at radius 1 is 0.967 bits per heavy atom. The molecule has 0 bridgehead atoms. The number of unbranched alkanes of at least 4 members (excludes halogenated alkanes) is 11. The zero-order chi connectivity index (χ0) is 44.3. The van der Waals surface area contributed by atoms with Crippen molar-refractivity contribution >= 4 is 17.9 Å². The first-order valence-electron chi connectivity index (χ1n) is 23.5. The summed E-state index contributed by atoms with van der Waals surface area (Å²) in [5.41, 5.74) is 2.28. The third kappa shape index (κ3) is 14.2. The van der Waals surface area contributed by atoms with Gasteiger partial charge in [-0.2, -0.15) is 0 Å². The van der Waals surface area contributed by atoms with E-state index in [1.165, 1.54) is 51.4 Å². The number of carbonyl (C=O) groups excluding carboxylic acids is 2. The maximum absolute atomic E-state index is 14.0. The van der Waals surface area contributed by atoms with Crippen LogP contribution in [0.3, 0.4) is 0 Å². The zero-order valence-electron chi connectivity index (χ0n) is 38.4. The first-order chi connectivity index (χ1) is 29.4. The number of likely N-dealkylation sites (N-methyl/N-ethyl adjacent to an activating group) is 1. The molecule has 1 saturated carbocycles. The molecule has 0 spiro atoms. The Bertz CT molecular complexity index is 1570. The summed E-state index contributed by atoms with van der Waals surface area (Å²) in [6.45, 7) is 15.6. The van der Waals surface area contributed by atoms with Crippen molar-refractivity contribution in [2.75, 3.05) is 46.6 Å². The highest BCUT2D eigenvalue weighted by Crippen LogP contribution is 2.61. The van der Waals surface area contributed by atoms with Gasteiger partial charge in [0.15, 0.2) is 0 Å². The van der Waals surface area contributed by atoms with Crippen LogP contribution in [0, 0.1) is 23.2 Å². The van der Waals surface area contributed by atoms with Crippen molar-refractivity contribution in [1.29, 1.82) is 0 Å². The second-order valence-electron chi connectivity index (χ2n) is 18.4. The maximum Gasteiger partial charge on any atom is 0.412 e. The minimum absolute atomic E-state index is 0.0407. The molecule has 12 nitrogen and oxygen atoms in total. The fraction of sp³-hybridized carbons (Fsp3) is 0.735. The highest BCUT2D eigenvalue weighted by atomic mass is 16.7. The molecule has 2 aliphatic carbocycles. The van der Waals surface area contributed by atoms with Crippen LogP contribution in [-0.4, -0.2) is 91.5 Å². The number of carbonyl (C=O) groups is 2. The molecule has 1 aliphatic heterocycles. The second kappa shape index (κ2) is 25.5. The number of aliphatic hydroxyl groups is 2. The number of hydrogen-bond acceptors (Lipinski definition) is 10. The number of ether oxygens (including phenoxy) is 4. The van der Waals surface area contributed by atoms with Crippen LogP contribution < -0.4 is 14.8 Å². The van der Waals surface area contributed by atoms with E-state index in [2.05, 4.69) is 24.9 Å². The number of rotatable bonds is 27. The Morgan fingerprint density at radius 2 is 1.64 bits per heavy atom. The number of aliphatic hydroxyl groups excluding tert-OH is 2. The van der Waals surface area contributed by atoms with Crippen LogP contribution in [0.4, 0.5) is 9.59 Å². The van der Waals surface area contributed by atoms with Crippen LogP contribution in [-0.2, 0) is 14.3 Å². The fourth-order valence-corrected chi connectivity index (χ4v) is 9.39. The zero-order valence-corrected chi connectivity index (χ0v) is 38.4. The maximum atomic E-state index is 14.0. The van der Waals surface area contributed by atoms with Gasteiger partial charge in [0, 0.05) is 44.7 Å². The molecule has 1 aromatic carbocycles. The molecular weight excluding hydrogens is 775 g/mol. The molecule has 3 aliphatic rings. The molecular formula is C49H79N3O9. The SMILES string of the molecule is C=CCO[C@@]12Oc3ccc(OC(=O)NCCCCCCCCCCCC)cc3[C@H]3[C@H](CCCCO)[C@@H](CCCCO)C=C(C(=NOCC)C[C@@H]1N(C)C(=O)OCC(C)(C)C)[C@H]32. The van der Waals surface area contributed by atoms with Gasteiger partial charge in [-0.1, -0.05) is 116 Å². The lowest BCUT2D eigenvalue weighted by Crippen LogP contribution is -2.69. The van der Waals surface area contributed by atoms with E-state index in [0.717, 1.165) is 49.7 Å². The van der Waals surface area contributed by atoms with E-state index in [1.54, 1.807) is 24.1 Å². The van der Waals surface area contributed by atoms with Gasteiger partial charge in [0.25, 0.3) is 0 Å². The minimum atomic E-state index is -1.39. The lowest BCUT2D eigenvalue weighted by atomic mass is 9.55. The monoisotopic (exact) mass is 854 g/mol. The molecule has 0 saturated heterocycles. The second-order valence-corrected chi connectivity index (χ2v) is 18.4. The number of fused-ring (bicyclic) bond motifs is 2. The Labute approximate surface area is 366 Å². The van der Waals surface area contributed by atoms with Crippen LogP contribution in [0.5, 0.6) is 11.5 Å². The lowest BCUT2D eigenvalue weighted by Gasteiger charge is -2.59. The van der Waals surface area contributed by atoms with Crippen molar-refractivity contribution in [2.24, 2.45) is 28.3 Å². The Kier molecular flexibility index (Phi) is 20.9. The first kappa shape index (κ1) is 50.0. The summed E-state index contributed by atoms with van der Waals surface area (Å²) in [4.78, 5) is 34.5. The van der Waals surface area contributed by atoms with Gasteiger partial charge in [0.1, 0.15) is 24.1 Å². The standard InChI is InChI=1S/C49H79N3O9/c1-8-11-12-13-14-15-16-17-18-21-28-50-46(55)60-37-26-27-42-40(33-37)44-38(25-20-23-30-54)36(24-19-22-29-53)32-39-41(51-59-10-3)34-43(49(61-42,45(39)44)58-31-9-2)52(7)47(56)57-35-48(4,5)6/h9,26-27,32-33,36,38,43-45,53-54H,2,8,10-25,28-31,34-35H2,1,3-7H3,(H,50,55)/t36-,38+,43-,44+,45+,49+/m0/s1. The largest absolute Gasteiger partial charge is 0.459 e. The van der Waals surface area contributed by atoms with Crippen molar-refractivity contribution in [3.05, 3.63) is 48.1 Å². The smallest absolute Gasteiger partial charge is 0.412 e. The number of nitrogens with zero attached hydrogens (tertiary/aromatic N) is 2. The lowest BCUT2D eigenvalue weighted by molar-refractivity contribution is -0.253. The highest BCUT2D eigenvalue weighted by Gasteiger charge is 2.65. The summed E-state index contributed by atoms with van der Waals surface area (Å²) >= 11 is 0. The van der Waals surface area contributed by atoms with E-state index in [1.807, 2.05) is 39.8 Å². The Hall–Kier alpha value is -3.61. The van der Waals surface area contributed by atoms with Crippen LogP contribution >= 0.6 is 0 Å². The number of oxime groups is 1. The minimum Gasteiger partial charge on any atom is -0.459 e. The summed E-state index contributed by atoms with van der Waals surface area (Å²) < 4.78 is 25.9. The number of nitrogens with one attached hydrogen (secondary N) is 1. The van der Waals surface area contributed by atoms with E-state index in [0.29, 0.717) is 43.2 Å². The summed E-state index contributed by atoms with van der Waals surface area (Å²) in [5, 5.41) is 27.4. The average molecular weight is 854 g/mol. The molecule has 0 unspecified atom stereocenters. The summed E-state index contributed by atoms with van der Waals surface area (Å²) in [6, 6.07) is 4.83. The number of amides is 2. The van der Waals surface area contributed by atoms with E-state index in [-0.39, 0.29) is 56.0 Å². The molecule has 2 amide bonds. The molecule has 0 radical (unpaired) electrons. The van der Waals surface area contributed by atoms with Gasteiger partial charge in [0.05, 0.1) is 24.8 Å². The predicted molar refractivity (Wildman–Crippen MR) is 241 cm³/mol. The molecule has 12 heteroatoms. The summed E-state index contributed by atoms with van der Waals surface area (Å²) in [6.07, 6.45) is 20.0. The quantitative estimate of drug-likeness (QED) is 0.0447. The molecule has 61 heavy (non-hydrogen) atoms. The van der Waals surface area contributed by atoms with Crippen molar-refractivity contribution in [2.45, 2.75) is 162 Å². The predicted octanol–water partition coefficient (Wildman–Crippen LogP) is 10.5. The van der Waals surface area contributed by atoms with Gasteiger partial charge in [-0.25, -0.2) is 9.59 Å². The average Bonchev–Trinajstić information content (AvgIpc) is 3.24. The number of allylic oxidation sites excluding steroid dienone is 1. The van der Waals surface area contributed by atoms with Crippen LogP contribution in [0.2, 0.25) is 0 Å². The fourth-order valence-electron chi connectivity index (χ4n) is 9.39. The van der Waals surface area contributed by atoms with Gasteiger partial charge in [-0.15, -0.1) is 6.58 Å². The first-order valence-corrected chi connectivity index (χ1v) is 23.5. The van der Waals surface area contributed by atoms with Crippen molar-refractivity contribution in [3.63, 3.8) is 0 Å². The molecule has 4 rings (SSSR count). The van der Waals surface area contributed by atoms with E-state index >= 15 is 0 Å². The van der Waals surface area contributed by atoms with Crippen LogP contribution in [0.1, 0.15) is 155 Å². The number of hydrogen-bond donors (Lipinski definition) is 3. The molecule has 1 heterocycles. The van der Waals surface area contributed by atoms with Gasteiger partial charge in [-0.05, 0) is 80.1 Å². The molecule has 1 fully saturated rings. The molecule has 6 atom stereocenters. The molecule has 344 valence electrons. The van der Waals surface area contributed by atoms with Crippen LogP contribution in [0.25, 0.3) is 0 Å². The van der Waals surface area contributed by atoms with Gasteiger partial charge >= 0.3 is 12.2 Å². The van der Waals surface area contributed by atoms with E-state index < -0.39 is 29.9 Å². The third-order valence-corrected chi connectivity index (χ3v) is 12.3. The van der Waals surface area contributed by atoms with Gasteiger partial charge in [0.2, 0.25) is 5.79 Å². The normalized spacial score (nSPS) is 23.6. The van der Waals surface area contributed by atoms with Crippen molar-refractivity contribution < 1.29 is 43.6 Å². The van der Waals surface area contributed by atoms with E-state index in [4.69, 9.17) is 28.9 Å². The van der Waals surface area contributed by atoms with Crippen LogP contribution in [0.15, 0.2) is 47.7 Å². The summed E-state index contributed by atoms with van der Waals surface area (Å²) in [5.74, 6) is -0.989. The molecule has 1 aromatic rings. The van der Waals surface area contributed by atoms with Gasteiger partial charge < -0.3 is 44.2 Å². The topological polar surface area (TPSA) is 148 Å². The van der Waals surface area contributed by atoms with Crippen molar-refractivity contribution in [1.82, 2.24) is 10.2 Å².